The molecule has 1 aliphatic rings. The molecular weight excluding hydrogens is 244 g/mol. The third-order valence-electron chi connectivity index (χ3n) is 3.66. The van der Waals surface area contributed by atoms with Gasteiger partial charge in [-0.25, -0.2) is 0 Å². The molecule has 0 bridgehead atoms. The summed E-state index contributed by atoms with van der Waals surface area (Å²) in [5.41, 5.74) is 0. The maximum absolute atomic E-state index is 12.5. The van der Waals surface area contributed by atoms with Crippen LogP contribution < -0.4 is 5.32 Å². The molecule has 0 radical (unpaired) electrons. The first-order chi connectivity index (χ1) is 8.91. The van der Waals surface area contributed by atoms with Crippen LogP contribution in [-0.4, -0.2) is 47.1 Å². The van der Waals surface area contributed by atoms with Crippen molar-refractivity contribution in [2.24, 2.45) is 5.92 Å². The molecule has 0 aliphatic carbocycles. The summed E-state index contributed by atoms with van der Waals surface area (Å²) >= 11 is 0. The number of nitrogens with zero attached hydrogens (tertiary/aromatic N) is 1. The van der Waals surface area contributed by atoms with Crippen molar-refractivity contribution in [3.63, 3.8) is 0 Å². The molecule has 1 aliphatic heterocycles. The van der Waals surface area contributed by atoms with E-state index in [9.17, 15) is 9.59 Å². The van der Waals surface area contributed by atoms with Gasteiger partial charge in [0.2, 0.25) is 5.91 Å². The van der Waals surface area contributed by atoms with E-state index in [1.165, 1.54) is 0 Å². The van der Waals surface area contributed by atoms with E-state index >= 15 is 0 Å². The predicted molar refractivity (Wildman–Crippen MR) is 73.9 cm³/mol. The molecule has 19 heavy (non-hydrogen) atoms. The molecule has 1 rings (SSSR count). The quantitative estimate of drug-likeness (QED) is 0.767. The lowest BCUT2D eigenvalue weighted by Gasteiger charge is -2.34. The van der Waals surface area contributed by atoms with Gasteiger partial charge in [-0.2, -0.15) is 0 Å². The molecule has 0 saturated carbocycles. The number of rotatable bonds is 6. The van der Waals surface area contributed by atoms with Gasteiger partial charge in [-0.15, -0.1) is 0 Å². The predicted octanol–water partition coefficient (Wildman–Crippen LogP) is 1.48. The van der Waals surface area contributed by atoms with Crippen molar-refractivity contribution in [2.75, 3.05) is 13.1 Å². The summed E-state index contributed by atoms with van der Waals surface area (Å²) in [4.78, 5) is 24.8. The monoisotopic (exact) mass is 270 g/mol. The van der Waals surface area contributed by atoms with E-state index in [-0.39, 0.29) is 24.4 Å². The lowest BCUT2D eigenvalue weighted by atomic mass is 9.93. The van der Waals surface area contributed by atoms with Crippen LogP contribution in [0.3, 0.4) is 0 Å². The number of carbonyl (C=O) groups is 2. The minimum Gasteiger partial charge on any atom is -0.481 e. The summed E-state index contributed by atoms with van der Waals surface area (Å²) in [5, 5.41) is 11.9. The second-order valence-electron chi connectivity index (χ2n) is 5.76. The van der Waals surface area contributed by atoms with Crippen molar-refractivity contribution in [2.45, 2.75) is 58.5 Å². The number of piperidine rings is 1. The summed E-state index contributed by atoms with van der Waals surface area (Å²) in [7, 11) is 0. The first-order valence-electron chi connectivity index (χ1n) is 7.17. The summed E-state index contributed by atoms with van der Waals surface area (Å²) in [5.74, 6) is -0.115. The average molecular weight is 270 g/mol. The first-order valence-corrected chi connectivity index (χ1v) is 7.17. The van der Waals surface area contributed by atoms with E-state index in [1.807, 2.05) is 13.8 Å². The van der Waals surface area contributed by atoms with Crippen LogP contribution in [0.25, 0.3) is 0 Å². The van der Waals surface area contributed by atoms with Crippen LogP contribution in [0.5, 0.6) is 0 Å². The molecule has 0 aromatic heterocycles. The summed E-state index contributed by atoms with van der Waals surface area (Å²) in [6.07, 6.45) is 2.62. The third kappa shape index (κ3) is 5.19. The van der Waals surface area contributed by atoms with Gasteiger partial charge < -0.3 is 15.3 Å². The van der Waals surface area contributed by atoms with E-state index in [4.69, 9.17) is 5.11 Å². The normalized spacial score (nSPS) is 23.4. The molecule has 2 unspecified atom stereocenters. The second-order valence-corrected chi connectivity index (χ2v) is 5.76. The molecule has 0 spiro atoms. The Balaban J connectivity index is 2.54. The molecule has 2 atom stereocenters. The fourth-order valence-electron chi connectivity index (χ4n) is 2.52. The lowest BCUT2D eigenvalue weighted by molar-refractivity contribution is -0.139. The van der Waals surface area contributed by atoms with Crippen molar-refractivity contribution < 1.29 is 14.7 Å². The van der Waals surface area contributed by atoms with E-state index in [1.54, 1.807) is 4.90 Å². The van der Waals surface area contributed by atoms with Crippen molar-refractivity contribution in [1.82, 2.24) is 10.2 Å². The molecule has 5 nitrogen and oxygen atoms in total. The molecule has 1 fully saturated rings. The van der Waals surface area contributed by atoms with Crippen LogP contribution in [0.2, 0.25) is 0 Å². The zero-order valence-electron chi connectivity index (χ0n) is 12.2. The molecule has 1 amide bonds. The Morgan fingerprint density at radius 3 is 2.63 bits per heavy atom. The van der Waals surface area contributed by atoms with Gasteiger partial charge in [-0.05, 0) is 45.6 Å². The van der Waals surface area contributed by atoms with Crippen LogP contribution in [-0.2, 0) is 9.59 Å². The Morgan fingerprint density at radius 2 is 2.11 bits per heavy atom. The third-order valence-corrected chi connectivity index (χ3v) is 3.66. The number of carbonyl (C=O) groups excluding carboxylic acids is 1. The van der Waals surface area contributed by atoms with E-state index < -0.39 is 5.97 Å². The zero-order chi connectivity index (χ0) is 14.4. The maximum atomic E-state index is 12.5. The van der Waals surface area contributed by atoms with Crippen molar-refractivity contribution >= 4 is 11.9 Å². The number of carboxylic acids is 1. The Hall–Kier alpha value is -1.10. The Morgan fingerprint density at radius 1 is 1.42 bits per heavy atom. The summed E-state index contributed by atoms with van der Waals surface area (Å²) in [6, 6.07) is 0.0105. The molecule has 5 heteroatoms. The topological polar surface area (TPSA) is 69.6 Å². The number of nitrogens with one attached hydrogen (secondary N) is 1. The Kier molecular flexibility index (Phi) is 6.28. The Bertz CT molecular complexity index is 318. The van der Waals surface area contributed by atoms with Crippen LogP contribution >= 0.6 is 0 Å². The maximum Gasteiger partial charge on any atom is 0.303 e. The fraction of sp³-hybridized carbons (Fsp3) is 0.857. The van der Waals surface area contributed by atoms with Gasteiger partial charge in [0.25, 0.3) is 0 Å². The molecule has 0 aromatic rings. The van der Waals surface area contributed by atoms with E-state index in [0.717, 1.165) is 19.4 Å². The largest absolute Gasteiger partial charge is 0.481 e. The number of hydrogen-bond acceptors (Lipinski definition) is 3. The summed E-state index contributed by atoms with van der Waals surface area (Å²) < 4.78 is 0. The van der Waals surface area contributed by atoms with Gasteiger partial charge >= 0.3 is 5.97 Å². The van der Waals surface area contributed by atoms with Gasteiger partial charge in [-0.3, -0.25) is 9.59 Å². The highest BCUT2D eigenvalue weighted by Gasteiger charge is 2.29. The highest BCUT2D eigenvalue weighted by Crippen LogP contribution is 2.18. The van der Waals surface area contributed by atoms with Crippen molar-refractivity contribution in [3.05, 3.63) is 0 Å². The minimum atomic E-state index is -0.805. The van der Waals surface area contributed by atoms with Gasteiger partial charge in [0.15, 0.2) is 0 Å². The highest BCUT2D eigenvalue weighted by molar-refractivity contribution is 5.82. The summed E-state index contributed by atoms with van der Waals surface area (Å²) in [6.45, 7) is 7.54. The lowest BCUT2D eigenvalue weighted by Crippen LogP contribution is -2.52. The van der Waals surface area contributed by atoms with Gasteiger partial charge in [0, 0.05) is 19.0 Å². The van der Waals surface area contributed by atoms with Gasteiger partial charge in [-0.1, -0.05) is 6.92 Å². The van der Waals surface area contributed by atoms with Crippen LogP contribution in [0.4, 0.5) is 0 Å². The van der Waals surface area contributed by atoms with Gasteiger partial charge in [0.05, 0.1) is 6.04 Å². The van der Waals surface area contributed by atoms with Crippen molar-refractivity contribution in [1.29, 1.82) is 0 Å². The molecule has 2 N–H and O–H groups in total. The number of aliphatic carboxylic acids is 1. The van der Waals surface area contributed by atoms with Crippen LogP contribution in [0.15, 0.2) is 0 Å². The average Bonchev–Trinajstić information content (AvgIpc) is 2.33. The van der Waals surface area contributed by atoms with E-state index in [0.29, 0.717) is 18.9 Å². The number of hydrogen-bond donors (Lipinski definition) is 2. The zero-order valence-corrected chi connectivity index (χ0v) is 12.2. The first kappa shape index (κ1) is 16.0. The molecule has 1 heterocycles. The van der Waals surface area contributed by atoms with Crippen LogP contribution in [0, 0.1) is 5.92 Å². The standard InChI is InChI=1S/C14H26N2O3/c1-10(2)16(8-4-5-13(17)18)14(19)12-9-11(3)6-7-15-12/h10-12,15H,4-9H2,1-3H3,(H,17,18). The SMILES string of the molecule is CC1CCNC(C(=O)N(CCCC(=O)O)C(C)C)C1. The van der Waals surface area contributed by atoms with Crippen molar-refractivity contribution in [3.8, 4) is 0 Å². The molecule has 110 valence electrons. The number of amides is 1. The smallest absolute Gasteiger partial charge is 0.303 e. The fourth-order valence-corrected chi connectivity index (χ4v) is 2.52. The molecule has 0 aromatic carbocycles. The van der Waals surface area contributed by atoms with Crippen LogP contribution in [0.1, 0.15) is 46.5 Å². The van der Waals surface area contributed by atoms with E-state index in [2.05, 4.69) is 12.2 Å². The Labute approximate surface area is 115 Å². The minimum absolute atomic E-state index is 0.101. The molecular formula is C14H26N2O3. The molecule has 1 saturated heterocycles. The van der Waals surface area contributed by atoms with Gasteiger partial charge in [0.1, 0.15) is 0 Å². The number of carboxylic acid groups (broad SMARTS) is 1. The highest BCUT2D eigenvalue weighted by atomic mass is 16.4. The second kappa shape index (κ2) is 7.48.